The van der Waals surface area contributed by atoms with Crippen LogP contribution in [0.25, 0.3) is 0 Å². The van der Waals surface area contributed by atoms with Crippen LogP contribution < -0.4 is 0 Å². The first-order valence-electron chi connectivity index (χ1n) is 2.91. The highest BCUT2D eigenvalue weighted by Crippen LogP contribution is 2.09. The Morgan fingerprint density at radius 1 is 1.17 bits per heavy atom. The minimum absolute atomic E-state index is 1.01. The largest absolute Gasteiger partial charge is 0.479 e. The maximum Gasteiger partial charge on any atom is 0.331 e. The highest BCUT2D eigenvalue weighted by Gasteiger charge is 2.27. The predicted molar refractivity (Wildman–Crippen MR) is 48.6 cm³/mol. The number of rotatable bonds is 4. The van der Waals surface area contributed by atoms with Crippen LogP contribution in [0.15, 0.2) is 0 Å². The van der Waals surface area contributed by atoms with E-state index in [1.54, 1.807) is 0 Å². The van der Waals surface area contributed by atoms with Crippen LogP contribution in [-0.2, 0) is 9.59 Å². The zero-order valence-corrected chi connectivity index (χ0v) is 8.00. The van der Waals surface area contributed by atoms with Gasteiger partial charge in [0.1, 0.15) is 0 Å². The lowest BCUT2D eigenvalue weighted by Gasteiger charge is -2.23. The normalized spacial score (nSPS) is 15.7. The zero-order chi connectivity index (χ0) is 9.89. The summed E-state index contributed by atoms with van der Waals surface area (Å²) in [7, 11) is 1.32. The molecule has 5 nitrogen and oxygen atoms in total. The molecule has 0 spiro atoms. The van der Waals surface area contributed by atoms with Gasteiger partial charge in [-0.1, -0.05) is 0 Å². The first-order chi connectivity index (χ1) is 5.37. The highest BCUT2D eigenvalue weighted by atomic mass is 32.1. The van der Waals surface area contributed by atoms with Crippen LogP contribution >= 0.6 is 25.3 Å². The van der Waals surface area contributed by atoms with Crippen LogP contribution in [0, 0.1) is 0 Å². The number of aliphatic carboxylic acids is 2. The zero-order valence-electron chi connectivity index (χ0n) is 6.21. The van der Waals surface area contributed by atoms with Gasteiger partial charge in [0.15, 0.2) is 10.7 Å². The van der Waals surface area contributed by atoms with Crippen molar-refractivity contribution >= 4 is 37.2 Å². The number of carbonyl (C=O) groups is 2. The Morgan fingerprint density at radius 2 is 1.42 bits per heavy atom. The van der Waals surface area contributed by atoms with Crippen molar-refractivity contribution in [1.29, 1.82) is 0 Å². The van der Waals surface area contributed by atoms with Gasteiger partial charge in [0, 0.05) is 0 Å². The minimum Gasteiger partial charge on any atom is -0.479 e. The molecule has 0 aliphatic heterocycles. The van der Waals surface area contributed by atoms with Crippen molar-refractivity contribution in [3.63, 3.8) is 0 Å². The van der Waals surface area contributed by atoms with E-state index in [2.05, 4.69) is 25.3 Å². The Bertz CT molecular complexity index is 178. The van der Waals surface area contributed by atoms with Gasteiger partial charge >= 0.3 is 11.9 Å². The molecule has 7 heteroatoms. The summed E-state index contributed by atoms with van der Waals surface area (Å²) >= 11 is 7.34. The van der Waals surface area contributed by atoms with Crippen molar-refractivity contribution in [1.82, 2.24) is 4.90 Å². The van der Waals surface area contributed by atoms with Gasteiger partial charge < -0.3 is 10.2 Å². The fraction of sp³-hybridized carbons (Fsp3) is 0.600. The van der Waals surface area contributed by atoms with Crippen molar-refractivity contribution in [2.45, 2.75) is 10.7 Å². The summed E-state index contributed by atoms with van der Waals surface area (Å²) < 4.78 is 0. The van der Waals surface area contributed by atoms with Crippen LogP contribution in [-0.4, -0.2) is 44.8 Å². The monoisotopic (exact) mass is 211 g/mol. The molecule has 0 radical (unpaired) electrons. The van der Waals surface area contributed by atoms with E-state index < -0.39 is 22.7 Å². The van der Waals surface area contributed by atoms with Gasteiger partial charge in [-0.2, -0.15) is 0 Å². The standard InChI is InChI=1S/C5H9NO4S2/c1-6(2(11)4(7)8)3(12)5(9)10/h2-3,11-12H,1H3,(H,7,8)(H,9,10)/t2-,3+. The van der Waals surface area contributed by atoms with Crippen molar-refractivity contribution < 1.29 is 19.8 Å². The summed E-state index contributed by atoms with van der Waals surface area (Å²) in [6.45, 7) is 0. The van der Waals surface area contributed by atoms with E-state index in [-0.39, 0.29) is 0 Å². The quantitative estimate of drug-likeness (QED) is 0.376. The lowest BCUT2D eigenvalue weighted by Crippen LogP contribution is -2.42. The minimum atomic E-state index is -1.21. The molecule has 2 atom stereocenters. The Kier molecular flexibility index (Phi) is 4.43. The number of hydrogen-bond acceptors (Lipinski definition) is 5. The van der Waals surface area contributed by atoms with E-state index in [4.69, 9.17) is 10.2 Å². The fourth-order valence-electron chi connectivity index (χ4n) is 0.482. The Labute approximate surface area is 80.2 Å². The molecule has 2 N–H and O–H groups in total. The van der Waals surface area contributed by atoms with E-state index in [9.17, 15) is 9.59 Å². The molecule has 0 aromatic heterocycles. The molecule has 70 valence electrons. The van der Waals surface area contributed by atoms with Crippen molar-refractivity contribution in [3.8, 4) is 0 Å². The summed E-state index contributed by atoms with van der Waals surface area (Å²) in [5.74, 6) is -2.41. The molecule has 0 bridgehead atoms. The SMILES string of the molecule is CN([C@H](S)C(=O)O)[C@@H](S)C(=O)O. The molecule has 0 rings (SSSR count). The highest BCUT2D eigenvalue weighted by molar-refractivity contribution is 7.82. The summed E-state index contributed by atoms with van der Waals surface area (Å²) in [6.07, 6.45) is 0. The van der Waals surface area contributed by atoms with Gasteiger partial charge in [0.05, 0.1) is 0 Å². The van der Waals surface area contributed by atoms with Crippen LogP contribution in [0.5, 0.6) is 0 Å². The van der Waals surface area contributed by atoms with Gasteiger partial charge in [-0.25, -0.2) is 9.59 Å². The second kappa shape index (κ2) is 4.58. The molecule has 0 aliphatic rings. The number of likely N-dealkylation sites (N-methyl/N-ethyl adjacent to an activating group) is 1. The third kappa shape index (κ3) is 2.92. The van der Waals surface area contributed by atoms with Crippen LogP contribution in [0.3, 0.4) is 0 Å². The van der Waals surface area contributed by atoms with Crippen molar-refractivity contribution in [2.75, 3.05) is 7.05 Å². The lowest BCUT2D eigenvalue weighted by molar-refractivity contribution is -0.143. The Morgan fingerprint density at radius 3 is 1.58 bits per heavy atom. The molecule has 0 aliphatic carbocycles. The molecule has 0 fully saturated rings. The maximum absolute atomic E-state index is 10.3. The third-order valence-corrected chi connectivity index (χ3v) is 2.38. The van der Waals surface area contributed by atoms with Crippen molar-refractivity contribution in [2.24, 2.45) is 0 Å². The second-order valence-electron chi connectivity index (χ2n) is 2.09. The van der Waals surface area contributed by atoms with E-state index in [1.165, 1.54) is 7.05 Å². The van der Waals surface area contributed by atoms with Gasteiger partial charge in [-0.15, -0.1) is 25.3 Å². The maximum atomic E-state index is 10.3. The van der Waals surface area contributed by atoms with Gasteiger partial charge in [-0.05, 0) is 7.05 Å². The van der Waals surface area contributed by atoms with Crippen molar-refractivity contribution in [3.05, 3.63) is 0 Å². The van der Waals surface area contributed by atoms with Crippen LogP contribution in [0.4, 0.5) is 0 Å². The van der Waals surface area contributed by atoms with Gasteiger partial charge in [0.25, 0.3) is 0 Å². The third-order valence-electron chi connectivity index (χ3n) is 1.21. The Balaban J connectivity index is 4.28. The molecule has 12 heavy (non-hydrogen) atoms. The van der Waals surface area contributed by atoms with Gasteiger partial charge in [-0.3, -0.25) is 4.90 Å². The molecule has 0 unspecified atom stereocenters. The molecule has 0 aromatic rings. The van der Waals surface area contributed by atoms with Gasteiger partial charge in [0.2, 0.25) is 0 Å². The number of carboxylic acid groups (broad SMARTS) is 2. The number of carboxylic acids is 2. The summed E-state index contributed by atoms with van der Waals surface area (Å²) in [5.41, 5.74) is 0. The molecular weight excluding hydrogens is 202 g/mol. The average molecular weight is 211 g/mol. The molecule has 0 heterocycles. The number of nitrogens with zero attached hydrogens (tertiary/aromatic N) is 1. The van der Waals surface area contributed by atoms with Crippen LogP contribution in [0.1, 0.15) is 0 Å². The van der Waals surface area contributed by atoms with Crippen LogP contribution in [0.2, 0.25) is 0 Å². The Hall–Kier alpha value is -0.400. The molecular formula is C5H9NO4S2. The smallest absolute Gasteiger partial charge is 0.331 e. The molecule has 0 aromatic carbocycles. The second-order valence-corrected chi connectivity index (χ2v) is 3.07. The molecule has 0 saturated heterocycles. The first kappa shape index (κ1) is 11.6. The summed E-state index contributed by atoms with van der Waals surface area (Å²) in [5, 5.41) is 14.5. The van der Waals surface area contributed by atoms with E-state index in [0.29, 0.717) is 0 Å². The number of thiol groups is 2. The summed E-state index contributed by atoms with van der Waals surface area (Å²) in [6, 6.07) is 0. The summed E-state index contributed by atoms with van der Waals surface area (Å²) in [4.78, 5) is 21.7. The molecule has 0 saturated carbocycles. The molecule has 0 amide bonds. The topological polar surface area (TPSA) is 77.8 Å². The van der Waals surface area contributed by atoms with E-state index >= 15 is 0 Å². The van der Waals surface area contributed by atoms with E-state index in [0.717, 1.165) is 4.90 Å². The van der Waals surface area contributed by atoms with E-state index in [1.807, 2.05) is 0 Å². The lowest BCUT2D eigenvalue weighted by atomic mass is 10.5. The average Bonchev–Trinajstić information content (AvgIpc) is 2.00. The predicted octanol–water partition coefficient (Wildman–Crippen LogP) is -0.401. The first-order valence-corrected chi connectivity index (χ1v) is 3.95. The number of hydrogen-bond donors (Lipinski definition) is 4. The fourth-order valence-corrected chi connectivity index (χ4v) is 0.854.